The van der Waals surface area contributed by atoms with E-state index in [1.54, 1.807) is 18.3 Å². The lowest BCUT2D eigenvalue weighted by atomic mass is 10.1. The number of hydrogen-bond acceptors (Lipinski definition) is 4. The molecule has 2 aromatic heterocycles. The van der Waals surface area contributed by atoms with Gasteiger partial charge in [-0.3, -0.25) is 4.98 Å². The van der Waals surface area contributed by atoms with Crippen molar-refractivity contribution < 1.29 is 9.15 Å². The van der Waals surface area contributed by atoms with E-state index in [2.05, 4.69) is 11.9 Å². The molecule has 0 aliphatic rings. The van der Waals surface area contributed by atoms with Crippen LogP contribution in [0.3, 0.4) is 0 Å². The standard InChI is InChI=1S/C18H17NO3/c1-2-5-13-10-18(20)22-17-11-15(7-8-16(13)17)21-12-14-6-3-4-9-19-14/h3-4,6-11H,2,5,12H2,1H3. The van der Waals surface area contributed by atoms with Gasteiger partial charge in [0, 0.05) is 23.7 Å². The van der Waals surface area contributed by atoms with E-state index < -0.39 is 0 Å². The van der Waals surface area contributed by atoms with Crippen LogP contribution in [0.5, 0.6) is 5.75 Å². The summed E-state index contributed by atoms with van der Waals surface area (Å²) in [6.45, 7) is 2.47. The highest BCUT2D eigenvalue weighted by Gasteiger charge is 2.07. The van der Waals surface area contributed by atoms with Crippen molar-refractivity contribution >= 4 is 11.0 Å². The first-order chi connectivity index (χ1) is 10.8. The molecule has 22 heavy (non-hydrogen) atoms. The van der Waals surface area contributed by atoms with Gasteiger partial charge in [-0.2, -0.15) is 0 Å². The lowest BCUT2D eigenvalue weighted by Crippen LogP contribution is -2.01. The van der Waals surface area contributed by atoms with Crippen LogP contribution in [0.2, 0.25) is 0 Å². The highest BCUT2D eigenvalue weighted by atomic mass is 16.5. The summed E-state index contributed by atoms with van der Waals surface area (Å²) in [7, 11) is 0. The van der Waals surface area contributed by atoms with Crippen LogP contribution in [0.1, 0.15) is 24.6 Å². The van der Waals surface area contributed by atoms with Gasteiger partial charge in [-0.25, -0.2) is 4.79 Å². The van der Waals surface area contributed by atoms with E-state index in [1.807, 2.05) is 30.3 Å². The Morgan fingerprint density at radius 2 is 2.09 bits per heavy atom. The number of benzene rings is 1. The van der Waals surface area contributed by atoms with Gasteiger partial charge in [0.25, 0.3) is 0 Å². The predicted molar refractivity (Wildman–Crippen MR) is 85.0 cm³/mol. The van der Waals surface area contributed by atoms with Gasteiger partial charge in [0.05, 0.1) is 5.69 Å². The molecule has 3 aromatic rings. The molecule has 0 bridgehead atoms. The molecule has 0 spiro atoms. The molecule has 2 heterocycles. The van der Waals surface area contributed by atoms with Gasteiger partial charge in [-0.1, -0.05) is 19.4 Å². The zero-order valence-electron chi connectivity index (χ0n) is 12.4. The van der Waals surface area contributed by atoms with Crippen molar-refractivity contribution in [3.05, 3.63) is 70.3 Å². The van der Waals surface area contributed by atoms with Gasteiger partial charge in [-0.05, 0) is 36.2 Å². The Morgan fingerprint density at radius 3 is 2.86 bits per heavy atom. The van der Waals surface area contributed by atoms with Crippen LogP contribution in [-0.2, 0) is 13.0 Å². The molecule has 4 heteroatoms. The van der Waals surface area contributed by atoms with Gasteiger partial charge in [0.2, 0.25) is 0 Å². The molecule has 0 radical (unpaired) electrons. The van der Waals surface area contributed by atoms with E-state index in [-0.39, 0.29) is 5.63 Å². The smallest absolute Gasteiger partial charge is 0.336 e. The molecule has 0 aliphatic heterocycles. The number of aryl methyl sites for hydroxylation is 1. The Hall–Kier alpha value is -2.62. The lowest BCUT2D eigenvalue weighted by Gasteiger charge is -2.08. The Bertz CT molecular complexity index is 825. The maximum Gasteiger partial charge on any atom is 0.336 e. The monoisotopic (exact) mass is 295 g/mol. The number of nitrogens with zero attached hydrogens (tertiary/aromatic N) is 1. The summed E-state index contributed by atoms with van der Waals surface area (Å²) in [5.41, 5.74) is 2.11. The van der Waals surface area contributed by atoms with Crippen LogP contribution >= 0.6 is 0 Å². The first kappa shape index (κ1) is 14.3. The van der Waals surface area contributed by atoms with E-state index in [9.17, 15) is 4.79 Å². The summed E-state index contributed by atoms with van der Waals surface area (Å²) in [5, 5.41) is 0.964. The predicted octanol–water partition coefficient (Wildman–Crippen LogP) is 3.72. The third kappa shape index (κ3) is 3.17. The molecular weight excluding hydrogens is 278 g/mol. The average molecular weight is 295 g/mol. The lowest BCUT2D eigenvalue weighted by molar-refractivity contribution is 0.301. The number of fused-ring (bicyclic) bond motifs is 1. The van der Waals surface area contributed by atoms with Gasteiger partial charge in [-0.15, -0.1) is 0 Å². The second-order valence-corrected chi connectivity index (χ2v) is 5.11. The van der Waals surface area contributed by atoms with Crippen molar-refractivity contribution in [2.75, 3.05) is 0 Å². The fraction of sp³-hybridized carbons (Fsp3) is 0.222. The third-order valence-corrected chi connectivity index (χ3v) is 3.43. The number of rotatable bonds is 5. The normalized spacial score (nSPS) is 10.8. The van der Waals surface area contributed by atoms with E-state index in [0.717, 1.165) is 29.5 Å². The molecule has 1 aromatic carbocycles. The van der Waals surface area contributed by atoms with Crippen LogP contribution in [0.4, 0.5) is 0 Å². The van der Waals surface area contributed by atoms with Gasteiger partial charge in [0.15, 0.2) is 0 Å². The molecule has 112 valence electrons. The summed E-state index contributed by atoms with van der Waals surface area (Å²) in [6.07, 6.45) is 3.57. The second-order valence-electron chi connectivity index (χ2n) is 5.11. The molecule has 0 saturated carbocycles. The maximum absolute atomic E-state index is 11.7. The zero-order chi connectivity index (χ0) is 15.4. The van der Waals surface area contributed by atoms with Crippen LogP contribution in [0, 0.1) is 0 Å². The van der Waals surface area contributed by atoms with Gasteiger partial charge in [0.1, 0.15) is 17.9 Å². The van der Waals surface area contributed by atoms with Crippen molar-refractivity contribution in [1.82, 2.24) is 4.98 Å². The first-order valence-electron chi connectivity index (χ1n) is 7.36. The number of ether oxygens (including phenoxy) is 1. The number of hydrogen-bond donors (Lipinski definition) is 0. The van der Waals surface area contributed by atoms with Crippen molar-refractivity contribution in [2.24, 2.45) is 0 Å². The molecular formula is C18H17NO3. The van der Waals surface area contributed by atoms with E-state index >= 15 is 0 Å². The van der Waals surface area contributed by atoms with Gasteiger partial charge >= 0.3 is 5.63 Å². The van der Waals surface area contributed by atoms with E-state index in [1.165, 1.54) is 0 Å². The van der Waals surface area contributed by atoms with Crippen molar-refractivity contribution in [3.8, 4) is 5.75 Å². The SMILES string of the molecule is CCCc1cc(=O)oc2cc(OCc3ccccn3)ccc12. The number of aromatic nitrogens is 1. The van der Waals surface area contributed by atoms with Gasteiger partial charge < -0.3 is 9.15 Å². The number of pyridine rings is 1. The Kier molecular flexibility index (Phi) is 4.19. The molecule has 0 saturated heterocycles. The topological polar surface area (TPSA) is 52.3 Å². The highest BCUT2D eigenvalue weighted by Crippen LogP contribution is 2.24. The van der Waals surface area contributed by atoms with Crippen molar-refractivity contribution in [2.45, 2.75) is 26.4 Å². The van der Waals surface area contributed by atoms with Crippen LogP contribution in [-0.4, -0.2) is 4.98 Å². The molecule has 3 rings (SSSR count). The Balaban J connectivity index is 1.88. The minimum Gasteiger partial charge on any atom is -0.487 e. The molecule has 0 atom stereocenters. The molecule has 0 N–H and O–H groups in total. The summed E-state index contributed by atoms with van der Waals surface area (Å²) >= 11 is 0. The summed E-state index contributed by atoms with van der Waals surface area (Å²) < 4.78 is 11.0. The van der Waals surface area contributed by atoms with Crippen LogP contribution in [0.15, 0.2) is 57.9 Å². The van der Waals surface area contributed by atoms with Crippen LogP contribution in [0.25, 0.3) is 11.0 Å². The molecule has 4 nitrogen and oxygen atoms in total. The summed E-state index contributed by atoms with van der Waals surface area (Å²) in [5.74, 6) is 0.662. The second kappa shape index (κ2) is 6.43. The maximum atomic E-state index is 11.7. The molecule has 0 unspecified atom stereocenters. The minimum absolute atomic E-state index is 0.321. The van der Waals surface area contributed by atoms with Crippen molar-refractivity contribution in [1.29, 1.82) is 0 Å². The highest BCUT2D eigenvalue weighted by molar-refractivity contribution is 5.81. The van der Waals surface area contributed by atoms with E-state index in [4.69, 9.17) is 9.15 Å². The Labute approximate surface area is 128 Å². The summed E-state index contributed by atoms with van der Waals surface area (Å²) in [6, 6.07) is 12.9. The molecule has 0 aliphatic carbocycles. The largest absolute Gasteiger partial charge is 0.487 e. The van der Waals surface area contributed by atoms with Crippen molar-refractivity contribution in [3.63, 3.8) is 0 Å². The fourth-order valence-corrected chi connectivity index (χ4v) is 2.42. The minimum atomic E-state index is -0.321. The average Bonchev–Trinajstić information content (AvgIpc) is 2.54. The third-order valence-electron chi connectivity index (χ3n) is 3.43. The Morgan fingerprint density at radius 1 is 1.18 bits per heavy atom. The molecule has 0 fully saturated rings. The first-order valence-corrected chi connectivity index (χ1v) is 7.36. The zero-order valence-corrected chi connectivity index (χ0v) is 12.4. The quantitative estimate of drug-likeness (QED) is 0.673. The fourth-order valence-electron chi connectivity index (χ4n) is 2.42. The van der Waals surface area contributed by atoms with E-state index in [0.29, 0.717) is 17.9 Å². The summed E-state index contributed by atoms with van der Waals surface area (Å²) in [4.78, 5) is 15.9. The van der Waals surface area contributed by atoms with Crippen LogP contribution < -0.4 is 10.4 Å². The molecule has 0 amide bonds.